The Morgan fingerprint density at radius 3 is 1.02 bits per heavy atom. The van der Waals surface area contributed by atoms with Gasteiger partial charge in [0, 0.05) is 53.0 Å². The SMILES string of the molecule is Cc1cc2c(c(C(C)(C)C)c1)O[P+]1([O-])Oc3c(cc(C)cc3C(C)(C)C)CN(C2)Cc2cc(C)cc(C(C)(C)C)c2O1. The zero-order valence-electron chi connectivity index (χ0n) is 27.6. The predicted octanol–water partition coefficient (Wildman–Crippen LogP) is 8.91. The van der Waals surface area contributed by atoms with Gasteiger partial charge in [-0.05, 0) is 37.0 Å². The van der Waals surface area contributed by atoms with Crippen molar-refractivity contribution in [1.82, 2.24) is 4.90 Å². The lowest BCUT2D eigenvalue weighted by molar-refractivity contribution is -0.222. The minimum atomic E-state index is -4.27. The summed E-state index contributed by atoms with van der Waals surface area (Å²) in [7, 11) is -4.27. The van der Waals surface area contributed by atoms with E-state index in [0.717, 1.165) is 50.1 Å². The van der Waals surface area contributed by atoms with Gasteiger partial charge in [0.1, 0.15) is 0 Å². The molecule has 0 radical (unpaired) electrons. The molecule has 5 nitrogen and oxygen atoms in total. The number of rotatable bonds is 0. The molecule has 0 N–H and O–H groups in total. The smallest absolute Gasteiger partial charge is 0.517 e. The summed E-state index contributed by atoms with van der Waals surface area (Å²) in [5.74, 6) is 1.80. The Kier molecular flexibility index (Phi) is 7.53. The Balaban J connectivity index is 1.86. The highest BCUT2D eigenvalue weighted by molar-refractivity contribution is 7.55. The number of phosphoric ester groups is 1. The third kappa shape index (κ3) is 6.07. The van der Waals surface area contributed by atoms with Gasteiger partial charge >= 0.3 is 8.17 Å². The maximum atomic E-state index is 15.3. The average Bonchev–Trinajstić information content (AvgIpc) is 2.81. The fourth-order valence-electron chi connectivity index (χ4n) is 6.17. The molecule has 42 heavy (non-hydrogen) atoms. The van der Waals surface area contributed by atoms with Crippen molar-refractivity contribution in [3.63, 3.8) is 0 Å². The first-order valence-corrected chi connectivity index (χ1v) is 16.5. The Morgan fingerprint density at radius 1 is 0.524 bits per heavy atom. The summed E-state index contributed by atoms with van der Waals surface area (Å²) in [5.41, 5.74) is 8.63. The molecular formula is C36H48NO4P. The lowest BCUT2D eigenvalue weighted by atomic mass is 9.83. The van der Waals surface area contributed by atoms with Crippen LogP contribution in [0.4, 0.5) is 0 Å². The molecule has 6 rings (SSSR count). The van der Waals surface area contributed by atoms with Crippen molar-refractivity contribution in [2.24, 2.45) is 0 Å². The van der Waals surface area contributed by atoms with E-state index in [0.29, 0.717) is 36.9 Å². The number of hydrogen-bond donors (Lipinski definition) is 0. The molecule has 6 heteroatoms. The highest BCUT2D eigenvalue weighted by Gasteiger charge is 2.46. The van der Waals surface area contributed by atoms with Crippen molar-refractivity contribution in [1.29, 1.82) is 0 Å². The van der Waals surface area contributed by atoms with E-state index in [2.05, 4.69) is 124 Å². The second-order valence-corrected chi connectivity index (χ2v) is 17.0. The molecule has 0 aliphatic carbocycles. The fraction of sp³-hybridized carbons (Fsp3) is 0.500. The van der Waals surface area contributed by atoms with Crippen molar-refractivity contribution in [3.8, 4) is 17.2 Å². The van der Waals surface area contributed by atoms with Crippen LogP contribution < -0.4 is 18.5 Å². The van der Waals surface area contributed by atoms with E-state index in [1.807, 2.05) is 0 Å². The first kappa shape index (κ1) is 30.9. The molecule has 226 valence electrons. The topological polar surface area (TPSA) is 54.0 Å². The van der Waals surface area contributed by atoms with Gasteiger partial charge in [-0.15, -0.1) is 0 Å². The van der Waals surface area contributed by atoms with Gasteiger partial charge in [0.2, 0.25) is 0 Å². The second kappa shape index (κ2) is 10.3. The first-order valence-electron chi connectivity index (χ1n) is 15.1. The molecule has 3 aromatic rings. The van der Waals surface area contributed by atoms with Crippen LogP contribution >= 0.6 is 8.17 Å². The predicted molar refractivity (Wildman–Crippen MR) is 171 cm³/mol. The molecule has 2 bridgehead atoms. The second-order valence-electron chi connectivity index (χ2n) is 15.5. The van der Waals surface area contributed by atoms with Crippen LogP contribution in [0.1, 0.15) is 112 Å². The molecule has 0 unspecified atom stereocenters. The van der Waals surface area contributed by atoms with E-state index in [9.17, 15) is 0 Å². The molecule has 3 aliphatic rings. The number of phosphoric acid groups is 1. The quantitative estimate of drug-likeness (QED) is 0.245. The van der Waals surface area contributed by atoms with E-state index in [1.165, 1.54) is 0 Å². The summed E-state index contributed by atoms with van der Waals surface area (Å²) >= 11 is 0. The number of hydrogen-bond acceptors (Lipinski definition) is 5. The summed E-state index contributed by atoms with van der Waals surface area (Å²) in [4.78, 5) is 17.8. The Labute approximate surface area is 253 Å². The summed E-state index contributed by atoms with van der Waals surface area (Å²) in [6.07, 6.45) is 0. The number of benzene rings is 3. The Bertz CT molecular complexity index is 1360. The van der Waals surface area contributed by atoms with Crippen LogP contribution in [-0.4, -0.2) is 4.90 Å². The van der Waals surface area contributed by atoms with Crippen LogP contribution in [-0.2, 0) is 35.9 Å². The summed E-state index contributed by atoms with van der Waals surface area (Å²) in [6, 6.07) is 12.9. The van der Waals surface area contributed by atoms with E-state index in [-0.39, 0.29) is 16.2 Å². The largest absolute Gasteiger partial charge is 0.583 e. The van der Waals surface area contributed by atoms with E-state index in [4.69, 9.17) is 13.6 Å². The van der Waals surface area contributed by atoms with Crippen molar-refractivity contribution >= 4 is 8.17 Å². The average molecular weight is 590 g/mol. The molecule has 0 amide bonds. The fourth-order valence-corrected chi connectivity index (χ4v) is 7.60. The molecule has 3 aromatic carbocycles. The van der Waals surface area contributed by atoms with Gasteiger partial charge in [-0.25, -0.2) is 0 Å². The lowest BCUT2D eigenvalue weighted by Gasteiger charge is -2.37. The van der Waals surface area contributed by atoms with Gasteiger partial charge < -0.3 is 4.89 Å². The van der Waals surface area contributed by atoms with Crippen LogP contribution in [0.5, 0.6) is 17.2 Å². The molecular weight excluding hydrogens is 541 g/mol. The number of nitrogens with zero attached hydrogens (tertiary/aromatic N) is 1. The molecule has 0 saturated heterocycles. The molecule has 0 fully saturated rings. The molecule has 0 spiro atoms. The minimum absolute atomic E-state index is 0.253. The monoisotopic (exact) mass is 589 g/mol. The van der Waals surface area contributed by atoms with Crippen molar-refractivity contribution < 1.29 is 18.5 Å². The lowest BCUT2D eigenvalue weighted by Crippen LogP contribution is -2.34. The maximum Gasteiger partial charge on any atom is 0.517 e. The van der Waals surface area contributed by atoms with Gasteiger partial charge in [-0.1, -0.05) is 115 Å². The Hall–Kier alpha value is -2.59. The van der Waals surface area contributed by atoms with Gasteiger partial charge in [0.05, 0.1) is 0 Å². The zero-order chi connectivity index (χ0) is 31.0. The third-order valence-electron chi connectivity index (χ3n) is 8.15. The van der Waals surface area contributed by atoms with Crippen molar-refractivity contribution in [2.45, 2.75) is 119 Å². The third-order valence-corrected chi connectivity index (χ3v) is 9.36. The summed E-state index contributed by atoms with van der Waals surface area (Å²) < 4.78 is 20.1. The maximum absolute atomic E-state index is 15.3. The number of aryl methyl sites for hydroxylation is 3. The standard InChI is InChI=1S/C36H48NO4P/c1-22-13-25-19-37-20-26-14-23(2)17-29(35(7,8)9)32(26)40-42(38,39-31(25)28(16-22)34(4,5)6)41-33-27(21-37)15-24(3)18-30(33)36(10,11)12/h13-18H,19-21H2,1-12H3. The highest BCUT2D eigenvalue weighted by Crippen LogP contribution is 2.60. The van der Waals surface area contributed by atoms with Gasteiger partial charge in [-0.2, -0.15) is 0 Å². The van der Waals surface area contributed by atoms with E-state index < -0.39 is 8.17 Å². The van der Waals surface area contributed by atoms with Gasteiger partial charge in [-0.3, -0.25) is 18.5 Å². The minimum Gasteiger partial charge on any atom is -0.583 e. The van der Waals surface area contributed by atoms with Crippen LogP contribution in [0, 0.1) is 20.8 Å². The molecule has 0 saturated carbocycles. The van der Waals surface area contributed by atoms with Crippen molar-refractivity contribution in [2.75, 3.05) is 0 Å². The summed E-state index contributed by atoms with van der Waals surface area (Å²) in [5, 5.41) is 0. The Morgan fingerprint density at radius 2 is 0.786 bits per heavy atom. The van der Waals surface area contributed by atoms with Crippen LogP contribution in [0.3, 0.4) is 0 Å². The van der Waals surface area contributed by atoms with Gasteiger partial charge in [0.25, 0.3) is 0 Å². The van der Waals surface area contributed by atoms with Crippen molar-refractivity contribution in [3.05, 3.63) is 86.5 Å². The highest BCUT2D eigenvalue weighted by atomic mass is 31.2. The van der Waals surface area contributed by atoms with E-state index >= 15 is 4.89 Å². The zero-order valence-corrected chi connectivity index (χ0v) is 28.5. The molecule has 3 aliphatic heterocycles. The molecule has 3 heterocycles. The van der Waals surface area contributed by atoms with Crippen LogP contribution in [0.15, 0.2) is 36.4 Å². The molecule has 0 atom stereocenters. The normalized spacial score (nSPS) is 20.6. The van der Waals surface area contributed by atoms with Crippen LogP contribution in [0.25, 0.3) is 0 Å². The first-order chi connectivity index (χ1) is 19.2. The van der Waals surface area contributed by atoms with Crippen LogP contribution in [0.2, 0.25) is 0 Å². The van der Waals surface area contributed by atoms with E-state index in [1.54, 1.807) is 0 Å². The van der Waals surface area contributed by atoms with Gasteiger partial charge in [0.15, 0.2) is 17.2 Å². The molecule has 0 aromatic heterocycles. The summed E-state index contributed by atoms with van der Waals surface area (Å²) in [6.45, 7) is 27.7.